The molecule has 0 amide bonds. The zero-order valence-corrected chi connectivity index (χ0v) is 13.9. The summed E-state index contributed by atoms with van der Waals surface area (Å²) >= 11 is 7.57. The predicted octanol–water partition coefficient (Wildman–Crippen LogP) is 3.04. The lowest BCUT2D eigenvalue weighted by Gasteiger charge is -2.20. The summed E-state index contributed by atoms with van der Waals surface area (Å²) in [7, 11) is 1.55. The molecule has 2 aromatic rings. The van der Waals surface area contributed by atoms with Crippen LogP contribution in [0.2, 0.25) is 5.02 Å². The third-order valence-corrected chi connectivity index (χ3v) is 4.10. The maximum atomic E-state index is 10.4. The summed E-state index contributed by atoms with van der Waals surface area (Å²) in [6.07, 6.45) is 0. The van der Waals surface area contributed by atoms with Gasteiger partial charge in [0.05, 0.1) is 18.7 Å². The van der Waals surface area contributed by atoms with Crippen molar-refractivity contribution in [2.24, 2.45) is 10.7 Å². The molecule has 1 heterocycles. The molecule has 7 heteroatoms. The molecule has 0 radical (unpaired) electrons. The molecule has 2 rings (SSSR count). The molecule has 1 aromatic carbocycles. The monoisotopic (exact) mass is 339 g/mol. The van der Waals surface area contributed by atoms with E-state index in [-0.39, 0.29) is 12.5 Å². The molecule has 1 aromatic heterocycles. The number of anilines is 1. The summed E-state index contributed by atoms with van der Waals surface area (Å²) in [4.78, 5) is 4.18. The third-order valence-electron chi connectivity index (χ3n) is 3.12. The molecule has 0 spiro atoms. The minimum absolute atomic E-state index is 0.159. The number of ether oxygens (including phenoxy) is 1. The fourth-order valence-electron chi connectivity index (χ4n) is 1.83. The number of aliphatic hydroxyl groups is 1. The molecule has 4 N–H and O–H groups in total. The number of aliphatic imine (C=N–C) groups is 1. The Morgan fingerprint density at radius 1 is 1.50 bits per heavy atom. The molecule has 5 nitrogen and oxygen atoms in total. The van der Waals surface area contributed by atoms with Crippen molar-refractivity contribution in [1.82, 2.24) is 0 Å². The number of nitrogens with one attached hydrogen (secondary N) is 1. The van der Waals surface area contributed by atoms with Crippen LogP contribution in [-0.4, -0.2) is 24.7 Å². The smallest absolute Gasteiger partial charge is 0.193 e. The molecule has 0 saturated carbocycles. The summed E-state index contributed by atoms with van der Waals surface area (Å²) in [6, 6.07) is 7.08. The van der Waals surface area contributed by atoms with E-state index in [9.17, 15) is 5.11 Å². The molecule has 22 heavy (non-hydrogen) atoms. The van der Waals surface area contributed by atoms with Crippen LogP contribution in [0, 0.1) is 0 Å². The normalized spacial score (nSPS) is 14.5. The highest BCUT2D eigenvalue weighted by molar-refractivity contribution is 7.08. The maximum Gasteiger partial charge on any atom is 0.193 e. The van der Waals surface area contributed by atoms with Crippen molar-refractivity contribution >= 4 is 34.6 Å². The molecule has 0 aliphatic carbocycles. The summed E-state index contributed by atoms with van der Waals surface area (Å²) in [5.41, 5.74) is 6.31. The van der Waals surface area contributed by atoms with Crippen molar-refractivity contribution in [3.8, 4) is 5.75 Å². The number of rotatable bonds is 5. The topological polar surface area (TPSA) is 79.9 Å². The lowest BCUT2D eigenvalue weighted by atomic mass is 10.00. The predicted molar refractivity (Wildman–Crippen MR) is 92.0 cm³/mol. The average molecular weight is 340 g/mol. The Morgan fingerprint density at radius 3 is 2.86 bits per heavy atom. The van der Waals surface area contributed by atoms with Crippen LogP contribution >= 0.6 is 22.9 Å². The van der Waals surface area contributed by atoms with Crippen molar-refractivity contribution in [2.45, 2.75) is 12.5 Å². The van der Waals surface area contributed by atoms with Crippen LogP contribution in [-0.2, 0) is 5.60 Å². The standard InChI is InChI=1S/C15H18ClN3O2S/c1-15(20,10-5-6-22-8-10)9-18-14(17)19-11-3-4-13(21-2)12(16)7-11/h3-8,20H,9H2,1-2H3,(H3,17,18,19). The SMILES string of the molecule is COc1ccc(NC(N)=NCC(C)(O)c2ccsc2)cc1Cl. The van der Waals surface area contributed by atoms with E-state index in [1.165, 1.54) is 11.3 Å². The molecule has 1 unspecified atom stereocenters. The number of hydrogen-bond donors (Lipinski definition) is 3. The van der Waals surface area contributed by atoms with Gasteiger partial charge in [0.2, 0.25) is 0 Å². The highest BCUT2D eigenvalue weighted by Gasteiger charge is 2.23. The molecule has 0 fully saturated rings. The first-order valence-electron chi connectivity index (χ1n) is 6.58. The lowest BCUT2D eigenvalue weighted by Crippen LogP contribution is -2.29. The molecular weight excluding hydrogens is 322 g/mol. The van der Waals surface area contributed by atoms with Crippen molar-refractivity contribution in [1.29, 1.82) is 0 Å². The molecule has 0 saturated heterocycles. The number of thiophene rings is 1. The van der Waals surface area contributed by atoms with Crippen molar-refractivity contribution in [3.63, 3.8) is 0 Å². The molecule has 0 aliphatic rings. The minimum atomic E-state index is -1.05. The Morgan fingerprint density at radius 2 is 2.27 bits per heavy atom. The number of methoxy groups -OCH3 is 1. The van der Waals surface area contributed by atoms with Gasteiger partial charge < -0.3 is 20.9 Å². The van der Waals surface area contributed by atoms with Gasteiger partial charge >= 0.3 is 0 Å². The van der Waals surface area contributed by atoms with Gasteiger partial charge in [0.15, 0.2) is 5.96 Å². The highest BCUT2D eigenvalue weighted by atomic mass is 35.5. The Hall–Kier alpha value is -1.76. The molecule has 1 atom stereocenters. The number of nitrogens with two attached hydrogens (primary N) is 1. The van der Waals surface area contributed by atoms with E-state index in [1.807, 2.05) is 16.8 Å². The maximum absolute atomic E-state index is 10.4. The Bertz CT molecular complexity index is 657. The second-order valence-electron chi connectivity index (χ2n) is 4.96. The number of halogens is 1. The van der Waals surface area contributed by atoms with Gasteiger partial charge in [-0.05, 0) is 47.5 Å². The summed E-state index contributed by atoms with van der Waals surface area (Å²) in [5, 5.41) is 17.6. The molecule has 118 valence electrons. The van der Waals surface area contributed by atoms with Crippen LogP contribution in [0.4, 0.5) is 5.69 Å². The van der Waals surface area contributed by atoms with E-state index in [4.69, 9.17) is 22.1 Å². The van der Waals surface area contributed by atoms with Crippen molar-refractivity contribution < 1.29 is 9.84 Å². The van der Waals surface area contributed by atoms with E-state index in [1.54, 1.807) is 32.2 Å². The second kappa shape index (κ2) is 7.00. The van der Waals surface area contributed by atoms with Gasteiger partial charge in [0.25, 0.3) is 0 Å². The first-order chi connectivity index (χ1) is 10.4. The quantitative estimate of drug-likeness (QED) is 0.578. The van der Waals surface area contributed by atoms with Gasteiger partial charge in [-0.25, -0.2) is 4.99 Å². The zero-order chi connectivity index (χ0) is 16.2. The van der Waals surface area contributed by atoms with Crippen LogP contribution in [0.3, 0.4) is 0 Å². The van der Waals surface area contributed by atoms with E-state index >= 15 is 0 Å². The van der Waals surface area contributed by atoms with Gasteiger partial charge in [0, 0.05) is 5.69 Å². The summed E-state index contributed by atoms with van der Waals surface area (Å²) in [6.45, 7) is 1.86. The van der Waals surface area contributed by atoms with Crippen LogP contribution in [0.5, 0.6) is 5.75 Å². The number of nitrogens with zero attached hydrogens (tertiary/aromatic N) is 1. The number of guanidine groups is 1. The first kappa shape index (κ1) is 16.6. The second-order valence-corrected chi connectivity index (χ2v) is 6.15. The van der Waals surface area contributed by atoms with Gasteiger partial charge in [-0.1, -0.05) is 11.6 Å². The van der Waals surface area contributed by atoms with Crippen molar-refractivity contribution in [2.75, 3.05) is 19.0 Å². The van der Waals surface area contributed by atoms with E-state index in [0.29, 0.717) is 16.5 Å². The summed E-state index contributed by atoms with van der Waals surface area (Å²) < 4.78 is 5.09. The zero-order valence-electron chi connectivity index (χ0n) is 12.3. The molecule has 0 aliphatic heterocycles. The van der Waals surface area contributed by atoms with Crippen LogP contribution in [0.25, 0.3) is 0 Å². The van der Waals surface area contributed by atoms with E-state index in [2.05, 4.69) is 10.3 Å². The van der Waals surface area contributed by atoms with E-state index in [0.717, 1.165) is 5.56 Å². The van der Waals surface area contributed by atoms with Gasteiger partial charge in [-0.15, -0.1) is 0 Å². The van der Waals surface area contributed by atoms with Crippen LogP contribution in [0.15, 0.2) is 40.0 Å². The Kier molecular flexibility index (Phi) is 5.28. The molecular formula is C15H18ClN3O2S. The minimum Gasteiger partial charge on any atom is -0.495 e. The lowest BCUT2D eigenvalue weighted by molar-refractivity contribution is 0.0678. The van der Waals surface area contributed by atoms with Gasteiger partial charge in [0.1, 0.15) is 11.4 Å². The van der Waals surface area contributed by atoms with Gasteiger partial charge in [-0.2, -0.15) is 11.3 Å². The summed E-state index contributed by atoms with van der Waals surface area (Å²) in [5.74, 6) is 0.792. The highest BCUT2D eigenvalue weighted by Crippen LogP contribution is 2.27. The third kappa shape index (κ3) is 4.13. The number of benzene rings is 1. The first-order valence-corrected chi connectivity index (χ1v) is 7.90. The van der Waals surface area contributed by atoms with Crippen LogP contribution in [0.1, 0.15) is 12.5 Å². The fourth-order valence-corrected chi connectivity index (χ4v) is 2.87. The largest absolute Gasteiger partial charge is 0.495 e. The Labute approximate surface area is 138 Å². The number of hydrogen-bond acceptors (Lipinski definition) is 4. The molecule has 0 bridgehead atoms. The van der Waals surface area contributed by atoms with Crippen molar-refractivity contribution in [3.05, 3.63) is 45.6 Å². The van der Waals surface area contributed by atoms with Gasteiger partial charge in [-0.3, -0.25) is 0 Å². The fraction of sp³-hybridized carbons (Fsp3) is 0.267. The Balaban J connectivity index is 2.02. The van der Waals surface area contributed by atoms with E-state index < -0.39 is 5.60 Å². The van der Waals surface area contributed by atoms with Crippen LogP contribution < -0.4 is 15.8 Å². The average Bonchev–Trinajstić information content (AvgIpc) is 3.00.